The highest BCUT2D eigenvalue weighted by atomic mass is 14.9. The lowest BCUT2D eigenvalue weighted by atomic mass is 9.78. The Labute approximate surface area is 82.6 Å². The molecule has 0 aliphatic heterocycles. The molecule has 0 heterocycles. The minimum atomic E-state index is 0.770. The Balaban J connectivity index is 2.20. The molecule has 1 aliphatic rings. The summed E-state index contributed by atoms with van der Waals surface area (Å²) in [4.78, 5) is 0. The maximum atomic E-state index is 3.79. The Bertz CT molecular complexity index is 138. The molecule has 0 radical (unpaired) electrons. The fourth-order valence-electron chi connectivity index (χ4n) is 1.97. The molecular weight excluding hydrogens is 158 g/mol. The second kappa shape index (κ2) is 6.20. The summed E-state index contributed by atoms with van der Waals surface area (Å²) in [5.74, 6) is 0.964. The van der Waals surface area contributed by atoms with Crippen LogP contribution in [0.15, 0.2) is 12.7 Å². The molecule has 0 amide bonds. The van der Waals surface area contributed by atoms with Gasteiger partial charge in [-0.2, -0.15) is 0 Å². The van der Waals surface area contributed by atoms with Crippen LogP contribution in [0.1, 0.15) is 45.4 Å². The molecule has 0 aromatic heterocycles. The van der Waals surface area contributed by atoms with Gasteiger partial charge in [0.2, 0.25) is 0 Å². The van der Waals surface area contributed by atoms with Gasteiger partial charge in [0.25, 0.3) is 0 Å². The minimum absolute atomic E-state index is 0.770. The highest BCUT2D eigenvalue weighted by Crippen LogP contribution is 2.31. The van der Waals surface area contributed by atoms with E-state index < -0.39 is 0 Å². The third-order valence-electron chi connectivity index (χ3n) is 3.06. The largest absolute Gasteiger partial charge is 0.314 e. The molecular formula is C12H23N. The molecule has 1 aliphatic carbocycles. The van der Waals surface area contributed by atoms with Crippen LogP contribution in [0.5, 0.6) is 0 Å². The topological polar surface area (TPSA) is 12.0 Å². The number of hydrogen-bond acceptors (Lipinski definition) is 1. The molecule has 0 aromatic rings. The molecule has 0 saturated heterocycles. The summed E-state index contributed by atoms with van der Waals surface area (Å²) in [5, 5.41) is 3.66. The van der Waals surface area contributed by atoms with Crippen LogP contribution in [0.2, 0.25) is 0 Å². The summed E-state index contributed by atoms with van der Waals surface area (Å²) >= 11 is 0. The number of allylic oxidation sites excluding steroid dienone is 1. The van der Waals surface area contributed by atoms with E-state index in [2.05, 4.69) is 18.8 Å². The van der Waals surface area contributed by atoms with Crippen molar-refractivity contribution in [1.29, 1.82) is 0 Å². The van der Waals surface area contributed by atoms with Crippen molar-refractivity contribution < 1.29 is 0 Å². The van der Waals surface area contributed by atoms with Crippen LogP contribution < -0.4 is 5.32 Å². The van der Waals surface area contributed by atoms with E-state index in [9.17, 15) is 0 Å². The van der Waals surface area contributed by atoms with Crippen molar-refractivity contribution in [3.8, 4) is 0 Å². The first-order chi connectivity index (χ1) is 6.38. The van der Waals surface area contributed by atoms with Crippen molar-refractivity contribution in [3.63, 3.8) is 0 Å². The molecule has 13 heavy (non-hydrogen) atoms. The van der Waals surface area contributed by atoms with Crippen LogP contribution in [-0.4, -0.2) is 12.6 Å². The van der Waals surface area contributed by atoms with Crippen molar-refractivity contribution in [3.05, 3.63) is 12.7 Å². The fourth-order valence-corrected chi connectivity index (χ4v) is 1.97. The van der Waals surface area contributed by atoms with E-state index in [1.807, 2.05) is 6.08 Å². The van der Waals surface area contributed by atoms with Crippen LogP contribution in [0, 0.1) is 5.92 Å². The second-order valence-corrected chi connectivity index (χ2v) is 4.12. The molecule has 0 spiro atoms. The first-order valence-corrected chi connectivity index (χ1v) is 5.72. The van der Waals surface area contributed by atoms with Gasteiger partial charge < -0.3 is 5.32 Å². The smallest absolute Gasteiger partial charge is 0.00982 e. The van der Waals surface area contributed by atoms with Gasteiger partial charge in [-0.3, -0.25) is 0 Å². The molecule has 1 heteroatoms. The van der Waals surface area contributed by atoms with Crippen LogP contribution >= 0.6 is 0 Å². The van der Waals surface area contributed by atoms with Gasteiger partial charge in [0.15, 0.2) is 0 Å². The van der Waals surface area contributed by atoms with Gasteiger partial charge >= 0.3 is 0 Å². The Morgan fingerprint density at radius 1 is 1.54 bits per heavy atom. The zero-order valence-electron chi connectivity index (χ0n) is 8.89. The zero-order valence-corrected chi connectivity index (χ0v) is 8.89. The first-order valence-electron chi connectivity index (χ1n) is 5.72. The molecule has 0 aromatic carbocycles. The molecule has 1 saturated carbocycles. The maximum absolute atomic E-state index is 3.79. The van der Waals surface area contributed by atoms with Crippen LogP contribution in [-0.2, 0) is 0 Å². The van der Waals surface area contributed by atoms with Gasteiger partial charge in [-0.25, -0.2) is 0 Å². The summed E-state index contributed by atoms with van der Waals surface area (Å²) in [5.41, 5.74) is 0. The maximum Gasteiger partial charge on any atom is 0.00982 e. The Hall–Kier alpha value is -0.300. The minimum Gasteiger partial charge on any atom is -0.314 e. The van der Waals surface area contributed by atoms with Gasteiger partial charge in [-0.15, -0.1) is 6.58 Å². The van der Waals surface area contributed by atoms with Crippen LogP contribution in [0.4, 0.5) is 0 Å². The predicted molar refractivity (Wildman–Crippen MR) is 58.9 cm³/mol. The lowest BCUT2D eigenvalue weighted by Crippen LogP contribution is -2.39. The van der Waals surface area contributed by atoms with Gasteiger partial charge in [0, 0.05) is 6.04 Å². The lowest BCUT2D eigenvalue weighted by Gasteiger charge is -2.34. The molecule has 1 atom stereocenters. The number of hydrogen-bond donors (Lipinski definition) is 1. The average molecular weight is 181 g/mol. The number of nitrogens with one attached hydrogen (secondary N) is 1. The van der Waals surface area contributed by atoms with Crippen molar-refractivity contribution in [2.24, 2.45) is 5.92 Å². The molecule has 1 rings (SSSR count). The van der Waals surface area contributed by atoms with Crippen LogP contribution in [0.3, 0.4) is 0 Å². The SMILES string of the molecule is C=CCCC(NCCC)C1CCC1. The van der Waals surface area contributed by atoms with E-state index in [-0.39, 0.29) is 0 Å². The zero-order chi connectivity index (χ0) is 9.52. The Morgan fingerprint density at radius 3 is 2.77 bits per heavy atom. The quantitative estimate of drug-likeness (QED) is 0.595. The lowest BCUT2D eigenvalue weighted by molar-refractivity contribution is 0.220. The highest BCUT2D eigenvalue weighted by Gasteiger charge is 2.25. The molecule has 0 bridgehead atoms. The molecule has 1 fully saturated rings. The van der Waals surface area contributed by atoms with Crippen molar-refractivity contribution in [2.45, 2.75) is 51.5 Å². The van der Waals surface area contributed by atoms with Crippen molar-refractivity contribution >= 4 is 0 Å². The van der Waals surface area contributed by atoms with E-state index >= 15 is 0 Å². The fraction of sp³-hybridized carbons (Fsp3) is 0.833. The summed E-state index contributed by atoms with van der Waals surface area (Å²) in [6.07, 6.45) is 10.1. The summed E-state index contributed by atoms with van der Waals surface area (Å²) in [6.45, 7) is 7.20. The van der Waals surface area contributed by atoms with E-state index in [4.69, 9.17) is 0 Å². The van der Waals surface area contributed by atoms with E-state index in [1.165, 1.54) is 38.6 Å². The Kier molecular flexibility index (Phi) is 5.14. The summed E-state index contributed by atoms with van der Waals surface area (Å²) in [6, 6.07) is 0.770. The van der Waals surface area contributed by atoms with Gasteiger partial charge in [-0.05, 0) is 44.6 Å². The monoisotopic (exact) mass is 181 g/mol. The predicted octanol–water partition coefficient (Wildman–Crippen LogP) is 3.12. The van der Waals surface area contributed by atoms with E-state index in [0.717, 1.165) is 18.4 Å². The normalized spacial score (nSPS) is 19.5. The molecule has 1 nitrogen and oxygen atoms in total. The number of rotatable bonds is 7. The second-order valence-electron chi connectivity index (χ2n) is 4.12. The third-order valence-corrected chi connectivity index (χ3v) is 3.06. The third kappa shape index (κ3) is 3.51. The first kappa shape index (κ1) is 10.8. The standard InChI is InChI=1S/C12H23N/c1-3-5-9-12(13-10-4-2)11-7-6-8-11/h3,11-13H,1,4-10H2,2H3. The van der Waals surface area contributed by atoms with Crippen molar-refractivity contribution in [2.75, 3.05) is 6.54 Å². The van der Waals surface area contributed by atoms with Crippen LogP contribution in [0.25, 0.3) is 0 Å². The van der Waals surface area contributed by atoms with Gasteiger partial charge in [0.05, 0.1) is 0 Å². The van der Waals surface area contributed by atoms with Gasteiger partial charge in [-0.1, -0.05) is 19.4 Å². The average Bonchev–Trinajstić information content (AvgIpc) is 2.06. The summed E-state index contributed by atoms with van der Waals surface area (Å²) < 4.78 is 0. The molecule has 1 N–H and O–H groups in total. The summed E-state index contributed by atoms with van der Waals surface area (Å²) in [7, 11) is 0. The Morgan fingerprint density at radius 2 is 2.31 bits per heavy atom. The van der Waals surface area contributed by atoms with Gasteiger partial charge in [0.1, 0.15) is 0 Å². The molecule has 76 valence electrons. The molecule has 1 unspecified atom stereocenters. The van der Waals surface area contributed by atoms with E-state index in [1.54, 1.807) is 0 Å². The highest BCUT2D eigenvalue weighted by molar-refractivity contribution is 4.84. The van der Waals surface area contributed by atoms with E-state index in [0.29, 0.717) is 0 Å². The van der Waals surface area contributed by atoms with Crippen molar-refractivity contribution in [1.82, 2.24) is 5.32 Å².